The van der Waals surface area contributed by atoms with Crippen LogP contribution in [-0.4, -0.2) is 19.5 Å². The number of alkyl halides is 3. The molecule has 1 aliphatic rings. The quantitative estimate of drug-likeness (QED) is 0.333. The molecule has 5 rings (SSSR count). The van der Waals surface area contributed by atoms with Crippen LogP contribution in [0.2, 0.25) is 0 Å². The lowest BCUT2D eigenvalue weighted by atomic mass is 9.93. The van der Waals surface area contributed by atoms with Gasteiger partial charge in [-0.15, -0.1) is 0 Å². The Morgan fingerprint density at radius 3 is 2.40 bits per heavy atom. The highest BCUT2D eigenvalue weighted by Crippen LogP contribution is 2.36. The lowest BCUT2D eigenvalue weighted by Crippen LogP contribution is -2.23. The monoisotopic (exact) mass is 484 g/mol. The van der Waals surface area contributed by atoms with Gasteiger partial charge in [-0.25, -0.2) is 9.37 Å². The van der Waals surface area contributed by atoms with Crippen molar-refractivity contribution < 1.29 is 17.6 Å². The molecule has 1 fully saturated rings. The number of halogens is 4. The summed E-state index contributed by atoms with van der Waals surface area (Å²) in [6, 6.07) is 10.3. The van der Waals surface area contributed by atoms with E-state index in [0.29, 0.717) is 11.4 Å². The van der Waals surface area contributed by atoms with Gasteiger partial charge in [-0.1, -0.05) is 25.0 Å². The third-order valence-corrected chi connectivity index (χ3v) is 6.15. The molecule has 5 nitrogen and oxygen atoms in total. The molecule has 4 aromatic rings. The predicted octanol–water partition coefficient (Wildman–Crippen LogP) is 6.05. The number of aromatic nitrogens is 4. The van der Waals surface area contributed by atoms with Crippen molar-refractivity contribution in [3.8, 4) is 0 Å². The number of hydrogen-bond acceptors (Lipinski definition) is 4. The Bertz CT molecular complexity index is 1360. The third-order valence-electron chi connectivity index (χ3n) is 6.15. The highest BCUT2D eigenvalue weighted by molar-refractivity contribution is 5.69. The fraction of sp³-hybridized carbons (Fsp3) is 0.308. The second kappa shape index (κ2) is 10.3. The molecule has 0 aliphatic heterocycles. The van der Waals surface area contributed by atoms with Crippen LogP contribution < -0.4 is 5.56 Å². The second-order valence-electron chi connectivity index (χ2n) is 8.47. The first-order valence-electron chi connectivity index (χ1n) is 11.3. The number of rotatable bonds is 3. The molecule has 0 spiro atoms. The molecule has 0 bridgehead atoms. The fourth-order valence-electron chi connectivity index (χ4n) is 4.51. The maximum Gasteiger partial charge on any atom is 0.418 e. The molecule has 0 radical (unpaired) electrons. The van der Waals surface area contributed by atoms with Crippen LogP contribution in [0.4, 0.5) is 17.6 Å². The molecular weight excluding hydrogens is 460 g/mol. The SMILES string of the molecule is Cc1cccc(F)c1C1CCCC1.O=c1ccc2nccnc2n1Cc1ncccc1C(F)(F)F. The summed E-state index contributed by atoms with van der Waals surface area (Å²) in [5, 5.41) is 0. The van der Waals surface area contributed by atoms with Crippen LogP contribution in [0, 0.1) is 12.7 Å². The van der Waals surface area contributed by atoms with Crippen LogP contribution in [0.15, 0.2) is 65.8 Å². The van der Waals surface area contributed by atoms with Crippen LogP contribution in [0.3, 0.4) is 0 Å². The summed E-state index contributed by atoms with van der Waals surface area (Å²) in [4.78, 5) is 23.8. The Labute approximate surface area is 199 Å². The van der Waals surface area contributed by atoms with E-state index in [0.717, 1.165) is 21.8 Å². The Morgan fingerprint density at radius 2 is 1.69 bits per heavy atom. The summed E-state index contributed by atoms with van der Waals surface area (Å²) in [5.74, 6) is 0.480. The number of benzene rings is 1. The van der Waals surface area contributed by atoms with Crippen LogP contribution in [0.25, 0.3) is 11.2 Å². The Kier molecular flexibility index (Phi) is 7.23. The zero-order valence-corrected chi connectivity index (χ0v) is 19.1. The van der Waals surface area contributed by atoms with Crippen molar-refractivity contribution in [2.75, 3.05) is 0 Å². The molecule has 0 unspecified atom stereocenters. The maximum absolute atomic E-state index is 13.5. The molecule has 0 amide bonds. The van der Waals surface area contributed by atoms with Gasteiger partial charge in [-0.3, -0.25) is 19.3 Å². The summed E-state index contributed by atoms with van der Waals surface area (Å²) < 4.78 is 53.7. The zero-order valence-electron chi connectivity index (χ0n) is 19.1. The summed E-state index contributed by atoms with van der Waals surface area (Å²) in [5.41, 5.74) is 1.15. The molecule has 182 valence electrons. The summed E-state index contributed by atoms with van der Waals surface area (Å²) in [6.45, 7) is 1.68. The Balaban J connectivity index is 0.000000189. The minimum Gasteiger partial charge on any atom is -0.285 e. The highest BCUT2D eigenvalue weighted by Gasteiger charge is 2.34. The molecule has 1 saturated carbocycles. The van der Waals surface area contributed by atoms with E-state index in [-0.39, 0.29) is 23.7 Å². The van der Waals surface area contributed by atoms with Gasteiger partial charge in [-0.2, -0.15) is 13.2 Å². The van der Waals surface area contributed by atoms with Gasteiger partial charge >= 0.3 is 6.18 Å². The standard InChI is InChI=1S/C14H9F3N4O.C12H15F/c15-14(16,17)9-2-1-5-18-11(9)8-21-12(22)4-3-10-13(21)20-7-6-19-10;1-9-5-4-8-11(13)12(9)10-6-2-3-7-10/h1-7H,8H2;4-5,8,10H,2-3,6-7H2,1H3. The van der Waals surface area contributed by atoms with E-state index < -0.39 is 17.3 Å². The van der Waals surface area contributed by atoms with Crippen molar-refractivity contribution in [3.63, 3.8) is 0 Å². The van der Waals surface area contributed by atoms with Crippen LogP contribution in [-0.2, 0) is 12.7 Å². The lowest BCUT2D eigenvalue weighted by molar-refractivity contribution is -0.138. The van der Waals surface area contributed by atoms with Crippen molar-refractivity contribution >= 4 is 11.2 Å². The van der Waals surface area contributed by atoms with Gasteiger partial charge in [0.1, 0.15) is 11.3 Å². The van der Waals surface area contributed by atoms with Gasteiger partial charge in [0.15, 0.2) is 5.65 Å². The topological polar surface area (TPSA) is 60.7 Å². The molecule has 0 atom stereocenters. The molecule has 0 N–H and O–H groups in total. The van der Waals surface area contributed by atoms with E-state index in [1.165, 1.54) is 62.5 Å². The van der Waals surface area contributed by atoms with E-state index >= 15 is 0 Å². The molecule has 9 heteroatoms. The van der Waals surface area contributed by atoms with Crippen molar-refractivity contribution in [1.82, 2.24) is 19.5 Å². The van der Waals surface area contributed by atoms with Gasteiger partial charge in [0.05, 0.1) is 17.8 Å². The van der Waals surface area contributed by atoms with E-state index in [4.69, 9.17) is 0 Å². The van der Waals surface area contributed by atoms with Crippen LogP contribution in [0.1, 0.15) is 54.0 Å². The van der Waals surface area contributed by atoms with Crippen molar-refractivity contribution in [3.05, 3.63) is 99.6 Å². The number of nitrogens with zero attached hydrogens (tertiary/aromatic N) is 4. The minimum atomic E-state index is -4.54. The summed E-state index contributed by atoms with van der Waals surface area (Å²) in [7, 11) is 0. The number of fused-ring (bicyclic) bond motifs is 1. The molecule has 3 heterocycles. The maximum atomic E-state index is 13.5. The number of hydrogen-bond donors (Lipinski definition) is 0. The molecular formula is C26H24F4N4O. The minimum absolute atomic E-state index is 0.00750. The van der Waals surface area contributed by atoms with E-state index in [1.807, 2.05) is 13.0 Å². The van der Waals surface area contributed by atoms with Crippen LogP contribution >= 0.6 is 0 Å². The Morgan fingerprint density at radius 1 is 0.943 bits per heavy atom. The third kappa shape index (κ3) is 5.55. The Hall–Kier alpha value is -3.62. The predicted molar refractivity (Wildman–Crippen MR) is 124 cm³/mol. The van der Waals surface area contributed by atoms with E-state index in [2.05, 4.69) is 15.0 Å². The van der Waals surface area contributed by atoms with Crippen LogP contribution in [0.5, 0.6) is 0 Å². The fourth-order valence-corrected chi connectivity index (χ4v) is 4.51. The zero-order chi connectivity index (χ0) is 25.0. The average molecular weight is 484 g/mol. The lowest BCUT2D eigenvalue weighted by Gasteiger charge is -2.13. The largest absolute Gasteiger partial charge is 0.418 e. The van der Waals surface area contributed by atoms with E-state index in [9.17, 15) is 22.4 Å². The average Bonchev–Trinajstić information content (AvgIpc) is 3.35. The molecule has 35 heavy (non-hydrogen) atoms. The first-order chi connectivity index (χ1) is 16.8. The summed E-state index contributed by atoms with van der Waals surface area (Å²) in [6.07, 6.45) is 4.40. The summed E-state index contributed by atoms with van der Waals surface area (Å²) >= 11 is 0. The smallest absolute Gasteiger partial charge is 0.285 e. The van der Waals surface area contributed by atoms with E-state index in [1.54, 1.807) is 12.1 Å². The van der Waals surface area contributed by atoms with Gasteiger partial charge in [0.25, 0.3) is 5.56 Å². The first kappa shape index (κ1) is 24.5. The molecule has 1 aromatic carbocycles. The van der Waals surface area contributed by atoms with Gasteiger partial charge in [0.2, 0.25) is 0 Å². The molecule has 0 saturated heterocycles. The van der Waals surface area contributed by atoms with Crippen molar-refractivity contribution in [2.24, 2.45) is 0 Å². The van der Waals surface area contributed by atoms with Crippen molar-refractivity contribution in [1.29, 1.82) is 0 Å². The number of aryl methyl sites for hydroxylation is 1. The molecule has 3 aromatic heterocycles. The second-order valence-corrected chi connectivity index (χ2v) is 8.47. The molecule has 1 aliphatic carbocycles. The highest BCUT2D eigenvalue weighted by atomic mass is 19.4. The van der Waals surface area contributed by atoms with Gasteiger partial charge < -0.3 is 0 Å². The van der Waals surface area contributed by atoms with Gasteiger partial charge in [-0.05, 0) is 61.1 Å². The normalized spacial score (nSPS) is 14.1. The van der Waals surface area contributed by atoms with Crippen molar-refractivity contribution in [2.45, 2.75) is 51.2 Å². The van der Waals surface area contributed by atoms with Gasteiger partial charge in [0, 0.05) is 24.7 Å². The first-order valence-corrected chi connectivity index (χ1v) is 11.3. The number of pyridine rings is 2.